The molecule has 5 nitrogen and oxygen atoms in total. The smallest absolute Gasteiger partial charge is 0.267 e. The van der Waals surface area contributed by atoms with E-state index in [0.717, 1.165) is 20.8 Å². The number of carbonyl (C=O) groups excluding carboxylic acids is 1. The van der Waals surface area contributed by atoms with Crippen LogP contribution in [0, 0.1) is 0 Å². The summed E-state index contributed by atoms with van der Waals surface area (Å²) in [6, 6.07) is 15.1. The topological polar surface area (TPSA) is 77.2 Å². The minimum absolute atomic E-state index is 0.253. The number of carbonyl (C=O) groups is 1. The average molecular weight is 381 g/mol. The number of anilines is 2. The molecule has 0 atom stereocenters. The first-order valence-electron chi connectivity index (χ1n) is 7.84. The highest BCUT2D eigenvalue weighted by Crippen LogP contribution is 2.35. The van der Waals surface area contributed by atoms with Crippen LogP contribution in [0.2, 0.25) is 0 Å². The SMILES string of the molecule is COc1cccc(NC(=O)c2sc3nc(-c4cccs4)ccc3c2N)c1. The van der Waals surface area contributed by atoms with Crippen LogP contribution in [0.15, 0.2) is 53.9 Å². The standard InChI is InChI=1S/C19H15N3O2S2/c1-24-12-5-2-4-11(10-12)21-18(23)17-16(20)13-7-8-14(22-19(13)26-17)15-6-3-9-25-15/h2-10H,20H2,1H3,(H,21,23). The van der Waals surface area contributed by atoms with Crippen molar-refractivity contribution in [2.45, 2.75) is 0 Å². The molecule has 0 fully saturated rings. The summed E-state index contributed by atoms with van der Waals surface area (Å²) in [5.41, 5.74) is 8.19. The third kappa shape index (κ3) is 3.02. The Morgan fingerprint density at radius 2 is 2.08 bits per heavy atom. The number of hydrogen-bond acceptors (Lipinski definition) is 6. The van der Waals surface area contributed by atoms with Crippen molar-refractivity contribution in [3.8, 4) is 16.3 Å². The van der Waals surface area contributed by atoms with Crippen molar-refractivity contribution in [2.24, 2.45) is 0 Å². The first-order valence-corrected chi connectivity index (χ1v) is 9.53. The van der Waals surface area contributed by atoms with Crippen molar-refractivity contribution in [3.63, 3.8) is 0 Å². The molecule has 0 aliphatic carbocycles. The Morgan fingerprint density at radius 1 is 1.19 bits per heavy atom. The van der Waals surface area contributed by atoms with E-state index in [1.807, 2.05) is 41.8 Å². The zero-order valence-corrected chi connectivity index (χ0v) is 15.5. The second-order valence-corrected chi connectivity index (χ2v) is 7.50. The molecule has 0 aliphatic heterocycles. The molecule has 3 aromatic heterocycles. The number of pyridine rings is 1. The van der Waals surface area contributed by atoms with Gasteiger partial charge in [0.1, 0.15) is 15.5 Å². The fraction of sp³-hybridized carbons (Fsp3) is 0.0526. The lowest BCUT2D eigenvalue weighted by atomic mass is 10.2. The van der Waals surface area contributed by atoms with Gasteiger partial charge in [-0.2, -0.15) is 0 Å². The first-order chi connectivity index (χ1) is 12.7. The molecule has 0 bridgehead atoms. The molecule has 0 unspecified atom stereocenters. The lowest BCUT2D eigenvalue weighted by molar-refractivity contribution is 0.103. The van der Waals surface area contributed by atoms with Crippen molar-refractivity contribution in [3.05, 3.63) is 58.8 Å². The molecule has 7 heteroatoms. The Kier molecular flexibility index (Phi) is 4.32. The van der Waals surface area contributed by atoms with E-state index >= 15 is 0 Å². The van der Waals surface area contributed by atoms with E-state index in [-0.39, 0.29) is 5.91 Å². The zero-order valence-electron chi connectivity index (χ0n) is 13.9. The molecule has 0 radical (unpaired) electrons. The predicted octanol–water partition coefficient (Wildman–Crippen LogP) is 4.87. The molecular weight excluding hydrogens is 366 g/mol. The summed E-state index contributed by atoms with van der Waals surface area (Å²) in [7, 11) is 1.59. The first kappa shape index (κ1) is 16.6. The normalized spacial score (nSPS) is 10.8. The molecule has 4 aromatic rings. The Labute approximate surface area is 158 Å². The Hall–Kier alpha value is -2.90. The van der Waals surface area contributed by atoms with Gasteiger partial charge in [0.15, 0.2) is 0 Å². The monoisotopic (exact) mass is 381 g/mol. The quantitative estimate of drug-likeness (QED) is 0.529. The Morgan fingerprint density at radius 3 is 2.85 bits per heavy atom. The second kappa shape index (κ2) is 6.78. The molecule has 3 heterocycles. The van der Waals surface area contributed by atoms with E-state index in [1.54, 1.807) is 30.6 Å². The summed E-state index contributed by atoms with van der Waals surface area (Å²) in [5, 5.41) is 5.67. The number of thiophene rings is 2. The maximum absolute atomic E-state index is 12.7. The molecule has 4 rings (SSSR count). The van der Waals surface area contributed by atoms with Crippen LogP contribution < -0.4 is 15.8 Å². The fourth-order valence-corrected chi connectivity index (χ4v) is 4.30. The van der Waals surface area contributed by atoms with Gasteiger partial charge in [-0.25, -0.2) is 4.98 Å². The van der Waals surface area contributed by atoms with Gasteiger partial charge in [-0.05, 0) is 35.7 Å². The van der Waals surface area contributed by atoms with Gasteiger partial charge in [-0.15, -0.1) is 22.7 Å². The molecule has 0 saturated carbocycles. The van der Waals surface area contributed by atoms with E-state index < -0.39 is 0 Å². The van der Waals surface area contributed by atoms with Gasteiger partial charge in [0.25, 0.3) is 5.91 Å². The van der Waals surface area contributed by atoms with Crippen LogP contribution in [-0.4, -0.2) is 18.0 Å². The van der Waals surface area contributed by atoms with Crippen molar-refractivity contribution in [1.82, 2.24) is 4.98 Å². The van der Waals surface area contributed by atoms with Gasteiger partial charge < -0.3 is 15.8 Å². The summed E-state index contributed by atoms with van der Waals surface area (Å²) >= 11 is 2.92. The summed E-state index contributed by atoms with van der Waals surface area (Å²) in [6.07, 6.45) is 0. The number of aromatic nitrogens is 1. The molecular formula is C19H15N3O2S2. The van der Waals surface area contributed by atoms with E-state index in [0.29, 0.717) is 22.0 Å². The number of nitrogens with zero attached hydrogens (tertiary/aromatic N) is 1. The summed E-state index contributed by atoms with van der Waals surface area (Å²) in [5.74, 6) is 0.422. The highest BCUT2D eigenvalue weighted by molar-refractivity contribution is 7.21. The van der Waals surface area contributed by atoms with Gasteiger partial charge in [-0.1, -0.05) is 12.1 Å². The van der Waals surface area contributed by atoms with Crippen LogP contribution in [0.25, 0.3) is 20.8 Å². The number of amides is 1. The number of nitrogen functional groups attached to an aromatic ring is 1. The molecule has 1 amide bonds. The molecule has 1 aromatic carbocycles. The second-order valence-electron chi connectivity index (χ2n) is 5.56. The molecule has 0 spiro atoms. The molecule has 0 aliphatic rings. The number of nitrogens with two attached hydrogens (primary N) is 1. The highest BCUT2D eigenvalue weighted by atomic mass is 32.1. The van der Waals surface area contributed by atoms with Crippen LogP contribution in [-0.2, 0) is 0 Å². The van der Waals surface area contributed by atoms with Crippen LogP contribution in [0.1, 0.15) is 9.67 Å². The maximum Gasteiger partial charge on any atom is 0.267 e. The number of ether oxygens (including phenoxy) is 1. The van der Waals surface area contributed by atoms with Gasteiger partial charge in [0.05, 0.1) is 23.4 Å². The fourth-order valence-electron chi connectivity index (χ4n) is 2.62. The van der Waals surface area contributed by atoms with Crippen molar-refractivity contribution >= 4 is 50.2 Å². The van der Waals surface area contributed by atoms with E-state index in [9.17, 15) is 4.79 Å². The van der Waals surface area contributed by atoms with E-state index in [1.165, 1.54) is 11.3 Å². The van der Waals surface area contributed by atoms with Crippen LogP contribution in [0.4, 0.5) is 11.4 Å². The van der Waals surface area contributed by atoms with Gasteiger partial charge in [-0.3, -0.25) is 4.79 Å². The highest BCUT2D eigenvalue weighted by Gasteiger charge is 2.18. The summed E-state index contributed by atoms with van der Waals surface area (Å²) in [4.78, 5) is 19.6. The zero-order chi connectivity index (χ0) is 18.1. The molecule has 26 heavy (non-hydrogen) atoms. The minimum atomic E-state index is -0.253. The molecule has 130 valence electrons. The van der Waals surface area contributed by atoms with Crippen molar-refractivity contribution in [1.29, 1.82) is 0 Å². The number of rotatable bonds is 4. The lowest BCUT2D eigenvalue weighted by Crippen LogP contribution is -2.11. The van der Waals surface area contributed by atoms with E-state index in [2.05, 4.69) is 10.3 Å². The lowest BCUT2D eigenvalue weighted by Gasteiger charge is -2.06. The minimum Gasteiger partial charge on any atom is -0.497 e. The number of benzene rings is 1. The Balaban J connectivity index is 1.67. The third-order valence-electron chi connectivity index (χ3n) is 3.90. The third-order valence-corrected chi connectivity index (χ3v) is 5.91. The van der Waals surface area contributed by atoms with Crippen LogP contribution in [0.3, 0.4) is 0 Å². The summed E-state index contributed by atoms with van der Waals surface area (Å²) in [6.45, 7) is 0. The predicted molar refractivity (Wildman–Crippen MR) is 108 cm³/mol. The number of hydrogen-bond donors (Lipinski definition) is 2. The van der Waals surface area contributed by atoms with Crippen molar-refractivity contribution in [2.75, 3.05) is 18.2 Å². The van der Waals surface area contributed by atoms with Crippen LogP contribution in [0.5, 0.6) is 5.75 Å². The largest absolute Gasteiger partial charge is 0.497 e. The van der Waals surface area contributed by atoms with Crippen molar-refractivity contribution < 1.29 is 9.53 Å². The van der Waals surface area contributed by atoms with Gasteiger partial charge in [0.2, 0.25) is 0 Å². The average Bonchev–Trinajstić information content (AvgIpc) is 3.30. The maximum atomic E-state index is 12.7. The molecule has 0 saturated heterocycles. The number of methoxy groups -OCH3 is 1. The van der Waals surface area contributed by atoms with E-state index in [4.69, 9.17) is 10.5 Å². The summed E-state index contributed by atoms with van der Waals surface area (Å²) < 4.78 is 5.18. The number of nitrogens with one attached hydrogen (secondary N) is 1. The number of fused-ring (bicyclic) bond motifs is 1. The van der Waals surface area contributed by atoms with Gasteiger partial charge >= 0.3 is 0 Å². The Bertz CT molecular complexity index is 1090. The molecule has 3 N–H and O–H groups in total. The van der Waals surface area contributed by atoms with Crippen LogP contribution >= 0.6 is 22.7 Å². The van der Waals surface area contributed by atoms with Gasteiger partial charge in [0, 0.05) is 17.1 Å².